The minimum Gasteiger partial charge on any atom is -0.396 e. The molecule has 1 atom stereocenters. The van der Waals surface area contributed by atoms with Crippen LogP contribution in [0.1, 0.15) is 20.3 Å². The zero-order valence-electron chi connectivity index (χ0n) is 10.3. The second-order valence-electron chi connectivity index (χ2n) is 4.30. The molecule has 7 nitrogen and oxygen atoms in total. The summed E-state index contributed by atoms with van der Waals surface area (Å²) in [6.07, 6.45) is 1.89. The number of aliphatic hydroxyl groups excluding tert-OH is 1. The molecule has 1 aromatic heterocycles. The number of aromatic nitrogens is 2. The molecule has 0 aliphatic carbocycles. The van der Waals surface area contributed by atoms with E-state index in [-0.39, 0.29) is 30.1 Å². The summed E-state index contributed by atoms with van der Waals surface area (Å²) < 4.78 is 1.40. The van der Waals surface area contributed by atoms with Crippen LogP contribution in [0, 0.1) is 16.0 Å². The predicted octanol–water partition coefficient (Wildman–Crippen LogP) is 1.15. The summed E-state index contributed by atoms with van der Waals surface area (Å²) in [6.45, 7) is 4.01. The molecule has 7 heteroatoms. The van der Waals surface area contributed by atoms with Gasteiger partial charge in [-0.2, -0.15) is 0 Å². The topological polar surface area (TPSA) is 93.2 Å². The molecule has 1 unspecified atom stereocenters. The van der Waals surface area contributed by atoms with Crippen molar-refractivity contribution in [1.82, 2.24) is 9.78 Å². The molecule has 0 spiro atoms. The van der Waals surface area contributed by atoms with E-state index < -0.39 is 4.92 Å². The van der Waals surface area contributed by atoms with E-state index in [0.717, 1.165) is 0 Å². The molecule has 0 amide bonds. The van der Waals surface area contributed by atoms with Gasteiger partial charge < -0.3 is 10.4 Å². The van der Waals surface area contributed by atoms with Crippen molar-refractivity contribution in [2.45, 2.75) is 26.3 Å². The zero-order valence-corrected chi connectivity index (χ0v) is 10.3. The van der Waals surface area contributed by atoms with Crippen molar-refractivity contribution in [2.75, 3.05) is 11.9 Å². The number of nitrogens with zero attached hydrogens (tertiary/aromatic N) is 3. The fraction of sp³-hybridized carbons (Fsp3) is 0.700. The van der Waals surface area contributed by atoms with Gasteiger partial charge in [-0.05, 0) is 12.3 Å². The minimum absolute atomic E-state index is 0.0337. The number of nitrogens with one attached hydrogen (secondary N) is 1. The van der Waals surface area contributed by atoms with Crippen molar-refractivity contribution >= 4 is 11.5 Å². The maximum Gasteiger partial charge on any atom is 0.330 e. The van der Waals surface area contributed by atoms with Crippen molar-refractivity contribution in [3.05, 3.63) is 16.3 Å². The monoisotopic (exact) mass is 242 g/mol. The van der Waals surface area contributed by atoms with Gasteiger partial charge in [0.2, 0.25) is 5.82 Å². The van der Waals surface area contributed by atoms with Gasteiger partial charge >= 0.3 is 5.69 Å². The molecule has 96 valence electrons. The number of hydrogen-bond donors (Lipinski definition) is 2. The molecule has 17 heavy (non-hydrogen) atoms. The van der Waals surface area contributed by atoms with Crippen LogP contribution in [-0.2, 0) is 7.05 Å². The molecule has 0 fully saturated rings. The van der Waals surface area contributed by atoms with Crippen LogP contribution in [0.5, 0.6) is 0 Å². The summed E-state index contributed by atoms with van der Waals surface area (Å²) in [7, 11) is 1.63. The van der Waals surface area contributed by atoms with Crippen LogP contribution in [0.2, 0.25) is 0 Å². The quantitative estimate of drug-likeness (QED) is 0.576. The Balaban J connectivity index is 2.88. The summed E-state index contributed by atoms with van der Waals surface area (Å²) in [6, 6.07) is -0.0337. The van der Waals surface area contributed by atoms with Crippen LogP contribution < -0.4 is 5.32 Å². The highest BCUT2D eigenvalue weighted by molar-refractivity contribution is 5.55. The summed E-state index contributed by atoms with van der Waals surface area (Å²) in [5, 5.41) is 26.8. The normalized spacial score (nSPS) is 12.8. The molecule has 0 bridgehead atoms. The van der Waals surface area contributed by atoms with E-state index in [2.05, 4.69) is 10.4 Å². The lowest BCUT2D eigenvalue weighted by Crippen LogP contribution is -2.27. The first-order chi connectivity index (χ1) is 7.95. The lowest BCUT2D eigenvalue weighted by atomic mass is 10.0. The maximum absolute atomic E-state index is 10.8. The molecule has 0 aliphatic rings. The second-order valence-corrected chi connectivity index (χ2v) is 4.30. The largest absolute Gasteiger partial charge is 0.396 e. The Bertz CT molecular complexity index is 389. The van der Waals surface area contributed by atoms with Crippen LogP contribution in [0.3, 0.4) is 0 Å². The molecule has 1 aromatic rings. The number of hydrogen-bond acceptors (Lipinski definition) is 5. The Hall–Kier alpha value is -1.63. The van der Waals surface area contributed by atoms with Gasteiger partial charge in [-0.1, -0.05) is 13.8 Å². The van der Waals surface area contributed by atoms with Crippen molar-refractivity contribution in [2.24, 2.45) is 13.0 Å². The summed E-state index contributed by atoms with van der Waals surface area (Å²) >= 11 is 0. The van der Waals surface area contributed by atoms with Gasteiger partial charge in [-0.3, -0.25) is 14.8 Å². The number of anilines is 1. The van der Waals surface area contributed by atoms with E-state index in [0.29, 0.717) is 6.42 Å². The Kier molecular flexibility index (Phi) is 4.45. The third-order valence-electron chi connectivity index (χ3n) is 2.57. The summed E-state index contributed by atoms with van der Waals surface area (Å²) in [5.74, 6) is 0.508. The van der Waals surface area contributed by atoms with E-state index in [1.807, 2.05) is 13.8 Å². The lowest BCUT2D eigenvalue weighted by molar-refractivity contribution is -0.384. The molecule has 0 radical (unpaired) electrons. The van der Waals surface area contributed by atoms with Crippen molar-refractivity contribution < 1.29 is 10.0 Å². The average Bonchev–Trinajstić information content (AvgIpc) is 2.59. The molecule has 2 N–H and O–H groups in total. The van der Waals surface area contributed by atoms with Crippen molar-refractivity contribution in [1.29, 1.82) is 0 Å². The van der Waals surface area contributed by atoms with Crippen LogP contribution in [-0.4, -0.2) is 32.5 Å². The fourth-order valence-corrected chi connectivity index (χ4v) is 1.60. The van der Waals surface area contributed by atoms with Gasteiger partial charge in [0.05, 0.1) is 4.92 Å². The molecule has 1 rings (SSSR count). The zero-order chi connectivity index (χ0) is 13.0. The number of aliphatic hydroxyl groups is 1. The Morgan fingerprint density at radius 3 is 2.76 bits per heavy atom. The molecular weight excluding hydrogens is 224 g/mol. The fourth-order valence-electron chi connectivity index (χ4n) is 1.60. The lowest BCUT2D eigenvalue weighted by Gasteiger charge is -2.20. The van der Waals surface area contributed by atoms with E-state index in [1.165, 1.54) is 10.9 Å². The van der Waals surface area contributed by atoms with Gasteiger partial charge in [0.1, 0.15) is 6.20 Å². The van der Waals surface area contributed by atoms with Gasteiger partial charge in [0, 0.05) is 19.7 Å². The SMILES string of the molecule is CC(C)C(CCO)Nc1nn(C)cc1[N+](=O)[O-]. The van der Waals surface area contributed by atoms with E-state index in [4.69, 9.17) is 5.11 Å². The molecule has 1 heterocycles. The first-order valence-corrected chi connectivity index (χ1v) is 5.51. The standard InChI is InChI=1S/C10H18N4O3/c1-7(2)8(4-5-15)11-10-9(14(16)17)6-13(3)12-10/h6-8,15H,4-5H2,1-3H3,(H,11,12). The second kappa shape index (κ2) is 5.62. The molecular formula is C10H18N4O3. The van der Waals surface area contributed by atoms with Gasteiger partial charge in [-0.15, -0.1) is 5.10 Å². The van der Waals surface area contributed by atoms with Gasteiger partial charge in [-0.25, -0.2) is 0 Å². The number of rotatable bonds is 6. The number of aryl methyl sites for hydroxylation is 1. The Labute approximate surface area is 99.6 Å². The van der Waals surface area contributed by atoms with Gasteiger partial charge in [0.15, 0.2) is 0 Å². The first kappa shape index (κ1) is 13.4. The third-order valence-corrected chi connectivity index (χ3v) is 2.57. The van der Waals surface area contributed by atoms with Crippen LogP contribution in [0.15, 0.2) is 6.20 Å². The third kappa shape index (κ3) is 3.42. The van der Waals surface area contributed by atoms with Crippen LogP contribution >= 0.6 is 0 Å². The molecule has 0 saturated carbocycles. The van der Waals surface area contributed by atoms with Crippen molar-refractivity contribution in [3.8, 4) is 0 Å². The summed E-state index contributed by atoms with van der Waals surface area (Å²) in [5.41, 5.74) is -0.0453. The first-order valence-electron chi connectivity index (χ1n) is 5.51. The Morgan fingerprint density at radius 1 is 1.65 bits per heavy atom. The van der Waals surface area contributed by atoms with Crippen LogP contribution in [0.25, 0.3) is 0 Å². The van der Waals surface area contributed by atoms with E-state index in [9.17, 15) is 10.1 Å². The molecule has 0 saturated heterocycles. The number of nitro groups is 1. The predicted molar refractivity (Wildman–Crippen MR) is 63.8 cm³/mol. The molecule has 0 aliphatic heterocycles. The highest BCUT2D eigenvalue weighted by atomic mass is 16.6. The highest BCUT2D eigenvalue weighted by Crippen LogP contribution is 2.24. The highest BCUT2D eigenvalue weighted by Gasteiger charge is 2.22. The smallest absolute Gasteiger partial charge is 0.330 e. The average molecular weight is 242 g/mol. The van der Waals surface area contributed by atoms with E-state index in [1.54, 1.807) is 7.05 Å². The Morgan fingerprint density at radius 2 is 2.29 bits per heavy atom. The maximum atomic E-state index is 10.8. The van der Waals surface area contributed by atoms with Crippen LogP contribution in [0.4, 0.5) is 11.5 Å². The summed E-state index contributed by atoms with van der Waals surface area (Å²) in [4.78, 5) is 10.3. The van der Waals surface area contributed by atoms with Gasteiger partial charge in [0.25, 0.3) is 0 Å². The van der Waals surface area contributed by atoms with E-state index >= 15 is 0 Å². The molecule has 0 aromatic carbocycles. The minimum atomic E-state index is -0.467. The van der Waals surface area contributed by atoms with Crippen molar-refractivity contribution in [3.63, 3.8) is 0 Å².